The lowest BCUT2D eigenvalue weighted by Gasteiger charge is -2.13. The highest BCUT2D eigenvalue weighted by atomic mass is 16.5. The van der Waals surface area contributed by atoms with E-state index in [1.165, 1.54) is 19.9 Å². The van der Waals surface area contributed by atoms with Crippen molar-refractivity contribution in [3.63, 3.8) is 0 Å². The van der Waals surface area contributed by atoms with Crippen LogP contribution in [0.4, 0.5) is 0 Å². The Hall–Kier alpha value is -2.81. The minimum Gasteiger partial charge on any atom is -0.497 e. The van der Waals surface area contributed by atoms with Crippen molar-refractivity contribution < 1.29 is 19.1 Å². The zero-order valence-corrected chi connectivity index (χ0v) is 12.7. The normalized spacial score (nSPS) is 13.0. The van der Waals surface area contributed by atoms with Gasteiger partial charge in [0.2, 0.25) is 5.91 Å². The number of carbonyl (C=O) groups excluding carboxylic acids is 2. The smallest absolute Gasteiger partial charge is 0.329 e. The van der Waals surface area contributed by atoms with E-state index in [1.54, 1.807) is 43.5 Å². The highest BCUT2D eigenvalue weighted by Gasteiger charge is 2.18. The number of benzene rings is 1. The first kappa shape index (κ1) is 17.2. The number of nitrogens with zero attached hydrogens (tertiary/aromatic N) is 1. The van der Waals surface area contributed by atoms with Gasteiger partial charge in [0.1, 0.15) is 17.9 Å². The van der Waals surface area contributed by atoms with Crippen LogP contribution in [0.3, 0.4) is 0 Å². The summed E-state index contributed by atoms with van der Waals surface area (Å²) in [4.78, 5) is 23.3. The summed E-state index contributed by atoms with van der Waals surface area (Å²) in [7, 11) is 1.58. The van der Waals surface area contributed by atoms with E-state index in [2.05, 4.69) is 5.32 Å². The van der Waals surface area contributed by atoms with E-state index in [9.17, 15) is 9.59 Å². The SMILES string of the molecule is COc1ccc(/C=C/C(=O)N[C@@H](C)C(=O)O[C@@H](C)C#N)cc1. The molecule has 0 bridgehead atoms. The molecule has 22 heavy (non-hydrogen) atoms. The van der Waals surface area contributed by atoms with Gasteiger partial charge in [0.15, 0.2) is 6.10 Å². The Morgan fingerprint density at radius 3 is 2.45 bits per heavy atom. The lowest BCUT2D eigenvalue weighted by atomic mass is 10.2. The molecule has 0 saturated carbocycles. The van der Waals surface area contributed by atoms with Crippen LogP contribution in [0, 0.1) is 11.3 Å². The van der Waals surface area contributed by atoms with Crippen LogP contribution in [0.25, 0.3) is 6.08 Å². The van der Waals surface area contributed by atoms with E-state index in [0.717, 1.165) is 11.3 Å². The third-order valence-corrected chi connectivity index (χ3v) is 2.73. The molecule has 0 spiro atoms. The van der Waals surface area contributed by atoms with Crippen molar-refractivity contribution in [2.75, 3.05) is 7.11 Å². The van der Waals surface area contributed by atoms with Gasteiger partial charge in [-0.25, -0.2) is 4.79 Å². The number of rotatable bonds is 6. The van der Waals surface area contributed by atoms with Crippen molar-refractivity contribution in [3.8, 4) is 11.8 Å². The number of ether oxygens (including phenoxy) is 2. The average Bonchev–Trinajstić information content (AvgIpc) is 2.53. The maximum absolute atomic E-state index is 11.7. The molecule has 1 rings (SSSR count). The molecule has 1 amide bonds. The Morgan fingerprint density at radius 1 is 1.27 bits per heavy atom. The summed E-state index contributed by atoms with van der Waals surface area (Å²) in [5.41, 5.74) is 0.823. The molecular weight excluding hydrogens is 284 g/mol. The van der Waals surface area contributed by atoms with Crippen molar-refractivity contribution in [2.45, 2.75) is 26.0 Å². The molecule has 0 heterocycles. The number of methoxy groups -OCH3 is 1. The lowest BCUT2D eigenvalue weighted by molar-refractivity contribution is -0.149. The highest BCUT2D eigenvalue weighted by molar-refractivity contribution is 5.94. The number of carbonyl (C=O) groups is 2. The summed E-state index contributed by atoms with van der Waals surface area (Å²) in [6, 6.07) is 8.11. The molecule has 0 radical (unpaired) electrons. The van der Waals surface area contributed by atoms with Crippen LogP contribution in [0.1, 0.15) is 19.4 Å². The predicted molar refractivity (Wildman–Crippen MR) is 80.8 cm³/mol. The van der Waals surface area contributed by atoms with Gasteiger partial charge < -0.3 is 14.8 Å². The molecular formula is C16H18N2O4. The number of hydrogen-bond donors (Lipinski definition) is 1. The third kappa shape index (κ3) is 5.67. The molecule has 0 saturated heterocycles. The van der Waals surface area contributed by atoms with Crippen molar-refractivity contribution in [1.82, 2.24) is 5.32 Å². The third-order valence-electron chi connectivity index (χ3n) is 2.73. The van der Waals surface area contributed by atoms with Crippen molar-refractivity contribution in [1.29, 1.82) is 5.26 Å². The molecule has 116 valence electrons. The van der Waals surface area contributed by atoms with E-state index in [0.29, 0.717) is 0 Å². The van der Waals surface area contributed by atoms with Crippen LogP contribution < -0.4 is 10.1 Å². The zero-order chi connectivity index (χ0) is 16.5. The first-order valence-electron chi connectivity index (χ1n) is 6.69. The van der Waals surface area contributed by atoms with Gasteiger partial charge in [-0.3, -0.25) is 4.79 Å². The fourth-order valence-electron chi connectivity index (χ4n) is 1.51. The van der Waals surface area contributed by atoms with Crippen molar-refractivity contribution in [2.24, 2.45) is 0 Å². The fraction of sp³-hybridized carbons (Fsp3) is 0.312. The predicted octanol–water partition coefficient (Wildman–Crippen LogP) is 1.67. The van der Waals surface area contributed by atoms with Crippen LogP contribution in [0.5, 0.6) is 5.75 Å². The number of nitriles is 1. The van der Waals surface area contributed by atoms with Gasteiger partial charge in [-0.15, -0.1) is 0 Å². The maximum Gasteiger partial charge on any atom is 0.329 e. The quantitative estimate of drug-likeness (QED) is 0.638. The second-order valence-electron chi connectivity index (χ2n) is 4.54. The molecule has 0 fully saturated rings. The molecule has 1 N–H and O–H groups in total. The number of esters is 1. The second kappa shape index (κ2) is 8.47. The van der Waals surface area contributed by atoms with E-state index in [1.807, 2.05) is 0 Å². The molecule has 1 aromatic carbocycles. The van der Waals surface area contributed by atoms with Crippen molar-refractivity contribution in [3.05, 3.63) is 35.9 Å². The van der Waals surface area contributed by atoms with Crippen LogP contribution in [0.2, 0.25) is 0 Å². The van der Waals surface area contributed by atoms with Gasteiger partial charge in [-0.05, 0) is 37.6 Å². The molecule has 0 aromatic heterocycles. The van der Waals surface area contributed by atoms with Gasteiger partial charge in [0.25, 0.3) is 0 Å². The Morgan fingerprint density at radius 2 is 1.91 bits per heavy atom. The molecule has 6 heteroatoms. The summed E-state index contributed by atoms with van der Waals surface area (Å²) in [5, 5.41) is 11.0. The monoisotopic (exact) mass is 302 g/mol. The first-order valence-corrected chi connectivity index (χ1v) is 6.69. The Bertz CT molecular complexity index is 587. The van der Waals surface area contributed by atoms with E-state index in [4.69, 9.17) is 14.7 Å². The van der Waals surface area contributed by atoms with Gasteiger partial charge >= 0.3 is 5.97 Å². The summed E-state index contributed by atoms with van der Waals surface area (Å²) in [6.45, 7) is 2.95. The van der Waals surface area contributed by atoms with E-state index < -0.39 is 24.0 Å². The van der Waals surface area contributed by atoms with Gasteiger partial charge in [-0.2, -0.15) is 5.26 Å². The minimum absolute atomic E-state index is 0.426. The summed E-state index contributed by atoms with van der Waals surface area (Å²) in [5.74, 6) is -0.352. The number of amides is 1. The van der Waals surface area contributed by atoms with Gasteiger partial charge in [0.05, 0.1) is 7.11 Å². The largest absolute Gasteiger partial charge is 0.497 e. The topological polar surface area (TPSA) is 88.4 Å². The highest BCUT2D eigenvalue weighted by Crippen LogP contribution is 2.12. The molecule has 1 aromatic rings. The zero-order valence-electron chi connectivity index (χ0n) is 12.7. The molecule has 0 aliphatic carbocycles. The number of nitrogens with one attached hydrogen (secondary N) is 1. The molecule has 6 nitrogen and oxygen atoms in total. The Balaban J connectivity index is 2.52. The second-order valence-corrected chi connectivity index (χ2v) is 4.54. The van der Waals surface area contributed by atoms with Crippen LogP contribution in [-0.4, -0.2) is 31.1 Å². The summed E-state index contributed by atoms with van der Waals surface area (Å²) < 4.78 is 9.83. The van der Waals surface area contributed by atoms with Gasteiger partial charge in [0, 0.05) is 6.08 Å². The van der Waals surface area contributed by atoms with Crippen LogP contribution in [-0.2, 0) is 14.3 Å². The van der Waals surface area contributed by atoms with E-state index >= 15 is 0 Å². The molecule has 0 aliphatic rings. The molecule has 0 unspecified atom stereocenters. The van der Waals surface area contributed by atoms with E-state index in [-0.39, 0.29) is 0 Å². The maximum atomic E-state index is 11.7. The van der Waals surface area contributed by atoms with Crippen LogP contribution in [0.15, 0.2) is 30.3 Å². The molecule has 2 atom stereocenters. The Labute approximate surface area is 129 Å². The minimum atomic E-state index is -0.846. The summed E-state index contributed by atoms with van der Waals surface area (Å²) >= 11 is 0. The summed E-state index contributed by atoms with van der Waals surface area (Å²) in [6.07, 6.45) is 2.09. The Kier molecular flexibility index (Phi) is 6.64. The van der Waals surface area contributed by atoms with Crippen LogP contribution >= 0.6 is 0 Å². The first-order chi connectivity index (χ1) is 10.5. The number of hydrogen-bond acceptors (Lipinski definition) is 5. The molecule has 0 aliphatic heterocycles. The average molecular weight is 302 g/mol. The standard InChI is InChI=1S/C16H18N2O4/c1-11(10-17)22-16(20)12(2)18-15(19)9-6-13-4-7-14(21-3)8-5-13/h4-9,11-12H,1-3H3,(H,18,19)/b9-6+/t11-,12-/m0/s1. The van der Waals surface area contributed by atoms with Gasteiger partial charge in [-0.1, -0.05) is 12.1 Å². The lowest BCUT2D eigenvalue weighted by Crippen LogP contribution is -2.39. The fourth-order valence-corrected chi connectivity index (χ4v) is 1.51. The van der Waals surface area contributed by atoms with Crippen molar-refractivity contribution >= 4 is 18.0 Å².